The Hall–Kier alpha value is -0.610. The van der Waals surface area contributed by atoms with Crippen LogP contribution in [0.3, 0.4) is 0 Å². The van der Waals surface area contributed by atoms with E-state index in [0.29, 0.717) is 13.2 Å². The molecular weight excluding hydrogens is 158 g/mol. The number of carbonyl (C=O) groups is 1. The van der Waals surface area contributed by atoms with Crippen molar-refractivity contribution < 1.29 is 14.3 Å². The number of esters is 1. The van der Waals surface area contributed by atoms with E-state index in [1.54, 1.807) is 7.11 Å². The van der Waals surface area contributed by atoms with Crippen LogP contribution in [0.1, 0.15) is 6.42 Å². The molecule has 1 fully saturated rings. The first kappa shape index (κ1) is 9.48. The first-order valence-electron chi connectivity index (χ1n) is 4.03. The lowest BCUT2D eigenvalue weighted by atomic mass is 9.88. The maximum Gasteiger partial charge on any atom is 0.315 e. The predicted molar refractivity (Wildman–Crippen MR) is 43.8 cm³/mol. The highest BCUT2D eigenvalue weighted by molar-refractivity contribution is 5.77. The predicted octanol–water partition coefficient (Wildman–Crippen LogP) is -0.215. The molecule has 1 heterocycles. The Morgan fingerprint density at radius 2 is 2.33 bits per heavy atom. The smallest absolute Gasteiger partial charge is 0.315 e. The molecule has 4 nitrogen and oxygen atoms in total. The van der Waals surface area contributed by atoms with Crippen molar-refractivity contribution in [2.45, 2.75) is 6.42 Å². The van der Waals surface area contributed by atoms with Crippen LogP contribution < -0.4 is 5.32 Å². The average molecular weight is 173 g/mol. The van der Waals surface area contributed by atoms with Crippen molar-refractivity contribution in [2.75, 3.05) is 33.9 Å². The summed E-state index contributed by atoms with van der Waals surface area (Å²) in [4.78, 5) is 11.4. The van der Waals surface area contributed by atoms with Crippen LogP contribution >= 0.6 is 0 Å². The van der Waals surface area contributed by atoms with Gasteiger partial charge in [0.25, 0.3) is 0 Å². The van der Waals surface area contributed by atoms with Crippen molar-refractivity contribution in [3.63, 3.8) is 0 Å². The zero-order chi connectivity index (χ0) is 9.03. The van der Waals surface area contributed by atoms with Crippen LogP contribution in [0.4, 0.5) is 0 Å². The molecule has 1 rings (SSSR count). The molecule has 0 aromatic carbocycles. The Morgan fingerprint density at radius 3 is 2.75 bits per heavy atom. The molecule has 0 aromatic heterocycles. The van der Waals surface area contributed by atoms with Gasteiger partial charge in [0.15, 0.2) is 0 Å². The van der Waals surface area contributed by atoms with Gasteiger partial charge in [-0.2, -0.15) is 0 Å². The molecule has 0 amide bonds. The summed E-state index contributed by atoms with van der Waals surface area (Å²) >= 11 is 0. The van der Waals surface area contributed by atoms with E-state index in [9.17, 15) is 4.79 Å². The lowest BCUT2D eigenvalue weighted by molar-refractivity contribution is -0.154. The normalized spacial score (nSPS) is 28.8. The van der Waals surface area contributed by atoms with E-state index in [4.69, 9.17) is 9.47 Å². The number of methoxy groups -OCH3 is 2. The second-order valence-electron chi connectivity index (χ2n) is 3.13. The molecule has 1 aliphatic heterocycles. The molecular formula is C8H15NO3. The number of carbonyl (C=O) groups excluding carboxylic acids is 1. The quantitative estimate of drug-likeness (QED) is 0.600. The van der Waals surface area contributed by atoms with Gasteiger partial charge in [0.05, 0.1) is 13.7 Å². The number of nitrogens with one attached hydrogen (secondary N) is 1. The Balaban J connectivity index is 2.64. The van der Waals surface area contributed by atoms with Crippen LogP contribution in [0, 0.1) is 5.41 Å². The van der Waals surface area contributed by atoms with E-state index >= 15 is 0 Å². The minimum atomic E-state index is -0.441. The summed E-state index contributed by atoms with van der Waals surface area (Å²) in [6.45, 7) is 1.96. The van der Waals surface area contributed by atoms with Crippen LogP contribution in [0.2, 0.25) is 0 Å². The van der Waals surface area contributed by atoms with Gasteiger partial charge in [0.1, 0.15) is 5.41 Å². The molecule has 70 valence electrons. The molecule has 0 unspecified atom stereocenters. The van der Waals surface area contributed by atoms with Gasteiger partial charge in [0.2, 0.25) is 0 Å². The number of hydrogen-bond donors (Lipinski definition) is 1. The van der Waals surface area contributed by atoms with E-state index in [1.165, 1.54) is 7.11 Å². The van der Waals surface area contributed by atoms with Crippen molar-refractivity contribution in [3.05, 3.63) is 0 Å². The molecule has 0 saturated carbocycles. The molecule has 0 aromatic rings. The molecule has 1 atom stereocenters. The maximum atomic E-state index is 11.4. The highest BCUT2D eigenvalue weighted by Crippen LogP contribution is 2.26. The minimum Gasteiger partial charge on any atom is -0.468 e. The van der Waals surface area contributed by atoms with Gasteiger partial charge >= 0.3 is 5.97 Å². The first-order valence-corrected chi connectivity index (χ1v) is 4.03. The van der Waals surface area contributed by atoms with E-state index in [2.05, 4.69) is 5.32 Å². The fourth-order valence-electron chi connectivity index (χ4n) is 1.59. The lowest BCUT2D eigenvalue weighted by Gasteiger charge is -2.23. The topological polar surface area (TPSA) is 47.6 Å². The Bertz CT molecular complexity index is 164. The molecule has 0 aliphatic carbocycles. The van der Waals surface area contributed by atoms with E-state index in [-0.39, 0.29) is 5.97 Å². The third kappa shape index (κ3) is 1.59. The van der Waals surface area contributed by atoms with E-state index < -0.39 is 5.41 Å². The largest absolute Gasteiger partial charge is 0.468 e. The van der Waals surface area contributed by atoms with Gasteiger partial charge in [-0.15, -0.1) is 0 Å². The summed E-state index contributed by atoms with van der Waals surface area (Å²) in [5.41, 5.74) is -0.441. The number of hydrogen-bond acceptors (Lipinski definition) is 4. The Morgan fingerprint density at radius 1 is 1.58 bits per heavy atom. The molecule has 1 saturated heterocycles. The molecule has 1 N–H and O–H groups in total. The molecule has 0 radical (unpaired) electrons. The third-order valence-corrected chi connectivity index (χ3v) is 2.28. The highest BCUT2D eigenvalue weighted by atomic mass is 16.5. The summed E-state index contributed by atoms with van der Waals surface area (Å²) in [7, 11) is 3.01. The van der Waals surface area contributed by atoms with E-state index in [0.717, 1.165) is 13.0 Å². The molecule has 0 spiro atoms. The van der Waals surface area contributed by atoms with Gasteiger partial charge < -0.3 is 14.8 Å². The number of rotatable bonds is 3. The summed E-state index contributed by atoms with van der Waals surface area (Å²) in [6.07, 6.45) is 0.799. The minimum absolute atomic E-state index is 0.172. The van der Waals surface area contributed by atoms with Crippen LogP contribution in [0.15, 0.2) is 0 Å². The summed E-state index contributed by atoms with van der Waals surface area (Å²) in [5, 5.41) is 3.13. The summed E-state index contributed by atoms with van der Waals surface area (Å²) in [5.74, 6) is -0.172. The zero-order valence-corrected chi connectivity index (χ0v) is 7.55. The maximum absolute atomic E-state index is 11.4. The highest BCUT2D eigenvalue weighted by Gasteiger charge is 2.42. The van der Waals surface area contributed by atoms with Crippen LogP contribution in [-0.2, 0) is 14.3 Å². The average Bonchev–Trinajstić information content (AvgIpc) is 2.53. The molecule has 1 aliphatic rings. The monoisotopic (exact) mass is 173 g/mol. The standard InChI is InChI=1S/C8H15NO3/c1-11-6-8(7(10)12-2)3-4-9-5-8/h9H,3-6H2,1-2H3/t8-/m1/s1. The Kier molecular flexibility index (Phi) is 3.05. The van der Waals surface area contributed by atoms with Crippen LogP contribution in [0.5, 0.6) is 0 Å². The summed E-state index contributed by atoms with van der Waals surface area (Å²) < 4.78 is 9.74. The zero-order valence-electron chi connectivity index (χ0n) is 7.55. The number of ether oxygens (including phenoxy) is 2. The SMILES string of the molecule is COC[C@@]1(C(=O)OC)CCNC1. The van der Waals surface area contributed by atoms with Gasteiger partial charge in [-0.3, -0.25) is 4.79 Å². The molecule has 4 heteroatoms. The van der Waals surface area contributed by atoms with Crippen LogP contribution in [0.25, 0.3) is 0 Å². The van der Waals surface area contributed by atoms with Crippen molar-refractivity contribution in [1.82, 2.24) is 5.32 Å². The lowest BCUT2D eigenvalue weighted by Crippen LogP contribution is -2.38. The fourth-order valence-corrected chi connectivity index (χ4v) is 1.59. The van der Waals surface area contributed by atoms with Gasteiger partial charge in [-0.25, -0.2) is 0 Å². The Labute approximate surface area is 72.2 Å². The van der Waals surface area contributed by atoms with E-state index in [1.807, 2.05) is 0 Å². The van der Waals surface area contributed by atoms with Crippen molar-refractivity contribution >= 4 is 5.97 Å². The summed E-state index contributed by atoms with van der Waals surface area (Å²) in [6, 6.07) is 0. The fraction of sp³-hybridized carbons (Fsp3) is 0.875. The second-order valence-corrected chi connectivity index (χ2v) is 3.13. The third-order valence-electron chi connectivity index (χ3n) is 2.28. The van der Waals surface area contributed by atoms with Gasteiger partial charge in [-0.05, 0) is 13.0 Å². The molecule has 0 bridgehead atoms. The van der Waals surface area contributed by atoms with Crippen molar-refractivity contribution in [1.29, 1.82) is 0 Å². The first-order chi connectivity index (χ1) is 5.75. The molecule has 12 heavy (non-hydrogen) atoms. The van der Waals surface area contributed by atoms with Crippen molar-refractivity contribution in [2.24, 2.45) is 5.41 Å². The van der Waals surface area contributed by atoms with Crippen LogP contribution in [-0.4, -0.2) is 39.9 Å². The van der Waals surface area contributed by atoms with Crippen molar-refractivity contribution in [3.8, 4) is 0 Å². The van der Waals surface area contributed by atoms with Gasteiger partial charge in [-0.1, -0.05) is 0 Å². The van der Waals surface area contributed by atoms with Gasteiger partial charge in [0, 0.05) is 13.7 Å². The second kappa shape index (κ2) is 3.87.